The van der Waals surface area contributed by atoms with Crippen LogP contribution in [-0.2, 0) is 9.84 Å². The van der Waals surface area contributed by atoms with E-state index in [0.717, 1.165) is 44.1 Å². The molecule has 29 heavy (non-hydrogen) atoms. The summed E-state index contributed by atoms with van der Waals surface area (Å²) < 4.78 is 44.4. The summed E-state index contributed by atoms with van der Waals surface area (Å²) in [5, 5.41) is 4.54. The van der Waals surface area contributed by atoms with Crippen LogP contribution in [0.4, 0.5) is 4.39 Å². The van der Waals surface area contributed by atoms with Gasteiger partial charge in [-0.25, -0.2) is 12.8 Å². The van der Waals surface area contributed by atoms with Crippen molar-refractivity contribution in [1.29, 1.82) is 0 Å². The second-order valence-corrected chi connectivity index (χ2v) is 10.3. The standard InChI is InChI=1S/C17H23FO3S.C3H6S.C2H7N/c1-2-22(19,20)17-10-14(12-8-9-12)16(11-15(17)18)21-13-6-4-3-5-7-13;1-3-4-2;1-3-2/h10-13H,2-9H2,1H3;3H,1H2,2H3;3H,1-2H3. The number of benzene rings is 1. The zero-order valence-corrected chi connectivity index (χ0v) is 19.8. The summed E-state index contributed by atoms with van der Waals surface area (Å²) in [6.45, 7) is 4.98. The van der Waals surface area contributed by atoms with Crippen LogP contribution in [0.15, 0.2) is 29.0 Å². The quantitative estimate of drug-likeness (QED) is 0.623. The summed E-state index contributed by atoms with van der Waals surface area (Å²) in [5.41, 5.74) is 0.874. The van der Waals surface area contributed by atoms with Crippen LogP contribution >= 0.6 is 11.8 Å². The Hall–Kier alpha value is -1.05. The minimum absolute atomic E-state index is 0.0865. The van der Waals surface area contributed by atoms with Crippen LogP contribution in [0.25, 0.3) is 0 Å². The Labute approximate surface area is 180 Å². The second-order valence-electron chi connectivity index (χ2n) is 7.28. The van der Waals surface area contributed by atoms with E-state index in [1.807, 2.05) is 20.4 Å². The van der Waals surface area contributed by atoms with Crippen LogP contribution in [0.3, 0.4) is 0 Å². The molecule has 2 saturated carbocycles. The van der Waals surface area contributed by atoms with Gasteiger partial charge in [0.05, 0.1) is 11.9 Å². The number of halogens is 1. The van der Waals surface area contributed by atoms with E-state index >= 15 is 0 Å². The predicted octanol–water partition coefficient (Wildman–Crippen LogP) is 5.54. The first kappa shape index (κ1) is 26.0. The Morgan fingerprint density at radius 3 is 2.21 bits per heavy atom. The fraction of sp³-hybridized carbons (Fsp3) is 0.636. The summed E-state index contributed by atoms with van der Waals surface area (Å²) in [6.07, 6.45) is 9.70. The van der Waals surface area contributed by atoms with E-state index in [1.54, 1.807) is 17.2 Å². The first-order chi connectivity index (χ1) is 13.8. The highest BCUT2D eigenvalue weighted by Crippen LogP contribution is 2.46. The molecule has 166 valence electrons. The van der Waals surface area contributed by atoms with Crippen molar-refractivity contribution in [3.8, 4) is 5.75 Å². The minimum Gasteiger partial charge on any atom is -0.490 e. The second kappa shape index (κ2) is 13.3. The number of hydrogen-bond donors (Lipinski definition) is 1. The lowest BCUT2D eigenvalue weighted by Crippen LogP contribution is -2.20. The molecule has 0 aliphatic heterocycles. The summed E-state index contributed by atoms with van der Waals surface area (Å²) in [6, 6.07) is 2.81. The fourth-order valence-electron chi connectivity index (χ4n) is 3.12. The van der Waals surface area contributed by atoms with Gasteiger partial charge in [0.15, 0.2) is 9.84 Å². The Kier molecular flexibility index (Phi) is 11.9. The molecule has 1 aromatic carbocycles. The Morgan fingerprint density at radius 1 is 1.21 bits per heavy atom. The minimum atomic E-state index is -3.54. The van der Waals surface area contributed by atoms with Gasteiger partial charge in [-0.3, -0.25) is 0 Å². The Morgan fingerprint density at radius 2 is 1.76 bits per heavy atom. The highest BCUT2D eigenvalue weighted by atomic mass is 32.2. The molecule has 0 radical (unpaired) electrons. The number of thioether (sulfide) groups is 1. The van der Waals surface area contributed by atoms with Gasteiger partial charge >= 0.3 is 0 Å². The van der Waals surface area contributed by atoms with E-state index in [9.17, 15) is 12.8 Å². The number of sulfone groups is 1. The molecule has 1 N–H and O–H groups in total. The third-order valence-electron chi connectivity index (χ3n) is 4.81. The van der Waals surface area contributed by atoms with Crippen molar-refractivity contribution in [2.45, 2.75) is 68.8 Å². The van der Waals surface area contributed by atoms with Crippen molar-refractivity contribution >= 4 is 21.6 Å². The lowest BCUT2D eigenvalue weighted by atomic mass is 9.97. The van der Waals surface area contributed by atoms with E-state index in [1.165, 1.54) is 25.5 Å². The molecule has 0 atom stereocenters. The molecular weight excluding hydrogens is 409 g/mol. The van der Waals surface area contributed by atoms with Gasteiger partial charge < -0.3 is 10.1 Å². The van der Waals surface area contributed by atoms with E-state index in [-0.39, 0.29) is 16.8 Å². The lowest BCUT2D eigenvalue weighted by molar-refractivity contribution is 0.153. The van der Waals surface area contributed by atoms with Crippen LogP contribution in [0.5, 0.6) is 5.75 Å². The van der Waals surface area contributed by atoms with Crippen molar-refractivity contribution in [3.05, 3.63) is 35.5 Å². The third kappa shape index (κ3) is 8.69. The molecule has 0 spiro atoms. The number of ether oxygens (including phenoxy) is 1. The zero-order valence-electron chi connectivity index (χ0n) is 18.2. The predicted molar refractivity (Wildman–Crippen MR) is 122 cm³/mol. The smallest absolute Gasteiger partial charge is 0.181 e. The molecule has 0 heterocycles. The maximum atomic E-state index is 14.3. The van der Waals surface area contributed by atoms with Crippen LogP contribution in [0, 0.1) is 5.82 Å². The SMILES string of the molecule is C=CSC.CCS(=O)(=O)c1cc(C2CC2)c(OC2CCCCC2)cc1F.CNC. The highest BCUT2D eigenvalue weighted by molar-refractivity contribution is 8.01. The fourth-order valence-corrected chi connectivity index (χ4v) is 4.10. The Balaban J connectivity index is 0.000000526. The van der Waals surface area contributed by atoms with Crippen molar-refractivity contribution in [1.82, 2.24) is 5.32 Å². The molecular formula is C22H36FNO3S2. The van der Waals surface area contributed by atoms with E-state index < -0.39 is 15.7 Å². The van der Waals surface area contributed by atoms with Crippen LogP contribution < -0.4 is 10.1 Å². The van der Waals surface area contributed by atoms with E-state index in [4.69, 9.17) is 4.74 Å². The van der Waals surface area contributed by atoms with Gasteiger partial charge in [-0.2, -0.15) is 0 Å². The van der Waals surface area contributed by atoms with Crippen LogP contribution in [0.1, 0.15) is 63.4 Å². The average Bonchev–Trinajstić information content (AvgIpc) is 3.55. The van der Waals surface area contributed by atoms with Crippen molar-refractivity contribution < 1.29 is 17.5 Å². The van der Waals surface area contributed by atoms with Gasteiger partial charge in [-0.05, 0) is 81.8 Å². The molecule has 0 saturated heterocycles. The average molecular weight is 446 g/mol. The summed E-state index contributed by atoms with van der Waals surface area (Å²) in [4.78, 5) is -0.173. The topological polar surface area (TPSA) is 55.4 Å². The third-order valence-corrected chi connectivity index (χ3v) is 6.89. The van der Waals surface area contributed by atoms with Crippen molar-refractivity contribution in [3.63, 3.8) is 0 Å². The number of hydrogen-bond acceptors (Lipinski definition) is 5. The van der Waals surface area contributed by atoms with Gasteiger partial charge in [0.1, 0.15) is 16.5 Å². The van der Waals surface area contributed by atoms with Crippen LogP contribution in [0.2, 0.25) is 0 Å². The largest absolute Gasteiger partial charge is 0.490 e. The Bertz CT molecular complexity index is 728. The van der Waals surface area contributed by atoms with Gasteiger partial charge in [0, 0.05) is 6.07 Å². The normalized spacial score (nSPS) is 16.7. The van der Waals surface area contributed by atoms with Gasteiger partial charge in [-0.15, -0.1) is 11.8 Å². The van der Waals surface area contributed by atoms with E-state index in [0.29, 0.717) is 11.7 Å². The van der Waals surface area contributed by atoms with Gasteiger partial charge in [-0.1, -0.05) is 19.9 Å². The molecule has 0 amide bonds. The maximum Gasteiger partial charge on any atom is 0.181 e. The van der Waals surface area contributed by atoms with E-state index in [2.05, 4.69) is 11.9 Å². The molecule has 2 aliphatic carbocycles. The monoisotopic (exact) mass is 445 g/mol. The van der Waals surface area contributed by atoms with Gasteiger partial charge in [0.25, 0.3) is 0 Å². The first-order valence-electron chi connectivity index (χ1n) is 10.3. The summed E-state index contributed by atoms with van der Waals surface area (Å²) in [7, 11) is 0.212. The number of rotatable bonds is 6. The zero-order chi connectivity index (χ0) is 21.9. The summed E-state index contributed by atoms with van der Waals surface area (Å²) in [5.74, 6) is 0.112. The molecule has 0 aromatic heterocycles. The van der Waals surface area contributed by atoms with Crippen LogP contribution in [-0.4, -0.2) is 40.6 Å². The molecule has 2 fully saturated rings. The van der Waals surface area contributed by atoms with Crippen molar-refractivity contribution in [2.24, 2.45) is 0 Å². The maximum absolute atomic E-state index is 14.3. The molecule has 4 nitrogen and oxygen atoms in total. The number of nitrogens with one attached hydrogen (secondary N) is 1. The molecule has 2 aliphatic rings. The molecule has 0 bridgehead atoms. The van der Waals surface area contributed by atoms with Gasteiger partial charge in [0.2, 0.25) is 0 Å². The molecule has 3 rings (SSSR count). The highest BCUT2D eigenvalue weighted by Gasteiger charge is 2.31. The van der Waals surface area contributed by atoms with Crippen molar-refractivity contribution in [2.75, 3.05) is 26.1 Å². The molecule has 0 unspecified atom stereocenters. The summed E-state index contributed by atoms with van der Waals surface area (Å²) >= 11 is 1.62. The molecule has 7 heteroatoms. The first-order valence-corrected chi connectivity index (χ1v) is 13.2. The molecule has 1 aromatic rings. The lowest BCUT2D eigenvalue weighted by Gasteiger charge is -2.24.